The van der Waals surface area contributed by atoms with Crippen LogP contribution in [-0.4, -0.2) is 9.13 Å². The van der Waals surface area contributed by atoms with Crippen LogP contribution in [0.2, 0.25) is 0 Å². The quantitative estimate of drug-likeness (QED) is 0.102. The predicted molar refractivity (Wildman–Crippen MR) is 549 cm³/mol. The standard InChI is InChI=1S/C66H49N.C60H45N/c1-66(2,3)54-38-40-55(41-39-54)67-62-20-12-11-15-56(62)61-43-53(37-42-63(61)67)50-27-25-47(26-28-50)49-31-35-52(36-32-49)65-59-18-9-7-16-57(59)64(58-17-8-10-19-60(58)65)51-33-29-48(30-34-51)46-23-21-45(22-24-46)44-13-5-4-6-14-44;1-60(2,3)48-34-36-49(37-35-48)61-56-20-12-11-15-50(56)55-39-47(33-38-57(55)61)44-23-21-42(22-24-44)43-27-31-46(32-28-43)59-53-18-9-7-16-51(53)58(52-17-8-10-19-54(52)59)45-29-25-41(26-30-45)40-13-5-4-6-14-40/h4-43H,1-3H3;4-39H,1-3H3. The SMILES string of the molecule is CC(C)(C)c1ccc(-n2c3ccccc3c3cc(-c4ccc(-c5ccc(-c6c7ccccc7c(-c7ccc(-c8ccc(-c9ccccc9)cc8)cc7)c7ccccc67)cc5)cc4)ccc32)cc1.CC(C)(C)c1ccc(-n2c3ccccc3c3cc(-c4ccc(-c5ccc(-c6c7ccccc7c(-c7ccc(-c8ccccc8)cc7)c7ccccc67)cc5)cc4)ccc32)cc1. The first-order valence-electron chi connectivity index (χ1n) is 44.7. The number of nitrogens with zero attached hydrogens (tertiary/aromatic N) is 2. The molecule has 608 valence electrons. The summed E-state index contributed by atoms with van der Waals surface area (Å²) in [7, 11) is 0. The van der Waals surface area contributed by atoms with Gasteiger partial charge in [-0.3, -0.25) is 0 Å². The van der Waals surface area contributed by atoms with Crippen molar-refractivity contribution in [2.45, 2.75) is 52.4 Å². The van der Waals surface area contributed by atoms with E-state index in [-0.39, 0.29) is 10.8 Å². The highest BCUT2D eigenvalue weighted by atomic mass is 15.0. The van der Waals surface area contributed by atoms with E-state index in [0.29, 0.717) is 0 Å². The molecular weight excluding hydrogens is 1540 g/mol. The highest BCUT2D eigenvalue weighted by molar-refractivity contribution is 6.23. The fourth-order valence-electron chi connectivity index (χ4n) is 19.7. The van der Waals surface area contributed by atoms with Gasteiger partial charge in [0.2, 0.25) is 0 Å². The van der Waals surface area contributed by atoms with Crippen LogP contribution in [0.1, 0.15) is 52.7 Å². The maximum Gasteiger partial charge on any atom is 0.0541 e. The molecule has 2 heterocycles. The van der Waals surface area contributed by atoms with Crippen LogP contribution >= 0.6 is 0 Å². The van der Waals surface area contributed by atoms with Crippen LogP contribution < -0.4 is 0 Å². The van der Waals surface area contributed by atoms with E-state index in [9.17, 15) is 0 Å². The van der Waals surface area contributed by atoms with Gasteiger partial charge in [-0.05, 0) is 248 Å². The van der Waals surface area contributed by atoms with Crippen molar-refractivity contribution in [2.24, 2.45) is 0 Å². The number of para-hydroxylation sites is 2. The number of benzene rings is 21. The Kier molecular flexibility index (Phi) is 19.8. The molecule has 128 heavy (non-hydrogen) atoms. The lowest BCUT2D eigenvalue weighted by Gasteiger charge is -2.19. The van der Waals surface area contributed by atoms with Gasteiger partial charge in [-0.25, -0.2) is 0 Å². The smallest absolute Gasteiger partial charge is 0.0541 e. The van der Waals surface area contributed by atoms with Gasteiger partial charge in [0.05, 0.1) is 22.1 Å². The van der Waals surface area contributed by atoms with E-state index >= 15 is 0 Å². The van der Waals surface area contributed by atoms with Gasteiger partial charge in [0.25, 0.3) is 0 Å². The number of hydrogen-bond donors (Lipinski definition) is 0. The average molecular weight is 1640 g/mol. The molecule has 0 bridgehead atoms. The van der Waals surface area contributed by atoms with Crippen LogP contribution in [0, 0.1) is 0 Å². The zero-order chi connectivity index (χ0) is 86.1. The van der Waals surface area contributed by atoms with Crippen LogP contribution in [0.25, 0.3) is 220 Å². The van der Waals surface area contributed by atoms with E-state index in [1.54, 1.807) is 0 Å². The first-order valence-corrected chi connectivity index (χ1v) is 44.7. The summed E-state index contributed by atoms with van der Waals surface area (Å²) in [5.41, 5.74) is 37.1. The number of aromatic nitrogens is 2. The summed E-state index contributed by atoms with van der Waals surface area (Å²) < 4.78 is 4.80. The van der Waals surface area contributed by atoms with Crippen molar-refractivity contribution in [3.63, 3.8) is 0 Å². The van der Waals surface area contributed by atoms with E-state index in [1.165, 1.54) is 232 Å². The van der Waals surface area contributed by atoms with Crippen molar-refractivity contribution in [1.29, 1.82) is 0 Å². The Labute approximate surface area is 748 Å². The van der Waals surface area contributed by atoms with Gasteiger partial charge in [0.15, 0.2) is 0 Å². The minimum Gasteiger partial charge on any atom is -0.309 e. The molecule has 2 heteroatoms. The molecule has 0 fully saturated rings. The van der Waals surface area contributed by atoms with Gasteiger partial charge in [-0.15, -0.1) is 0 Å². The second-order valence-corrected chi connectivity index (χ2v) is 36.2. The molecule has 0 aliphatic carbocycles. The summed E-state index contributed by atoms with van der Waals surface area (Å²) in [5, 5.41) is 15.1. The van der Waals surface area contributed by atoms with Gasteiger partial charge in [-0.2, -0.15) is 0 Å². The maximum absolute atomic E-state index is 2.40. The average Bonchev–Trinajstić information content (AvgIpc) is 1.26. The molecule has 0 aliphatic rings. The number of hydrogen-bond acceptors (Lipinski definition) is 0. The lowest BCUT2D eigenvalue weighted by molar-refractivity contribution is 0.590. The Balaban J connectivity index is 0.000000151. The molecule has 0 unspecified atom stereocenters. The van der Waals surface area contributed by atoms with Crippen molar-refractivity contribution in [2.75, 3.05) is 0 Å². The van der Waals surface area contributed by atoms with Gasteiger partial charge < -0.3 is 9.13 Å². The molecule has 0 saturated carbocycles. The lowest BCUT2D eigenvalue weighted by atomic mass is 9.85. The zero-order valence-electron chi connectivity index (χ0n) is 72.8. The zero-order valence-corrected chi connectivity index (χ0v) is 72.8. The third-order valence-corrected chi connectivity index (χ3v) is 26.4. The van der Waals surface area contributed by atoms with E-state index in [2.05, 4.69) is 512 Å². The Morgan fingerprint density at radius 2 is 0.305 bits per heavy atom. The summed E-state index contributed by atoms with van der Waals surface area (Å²) in [4.78, 5) is 0. The summed E-state index contributed by atoms with van der Waals surface area (Å²) in [6.07, 6.45) is 0. The third kappa shape index (κ3) is 14.4. The number of fused-ring (bicyclic) bond motifs is 10. The second kappa shape index (κ2) is 32.4. The fraction of sp³-hybridized carbons (Fsp3) is 0.0635. The molecule has 0 saturated heterocycles. The van der Waals surface area contributed by atoms with Gasteiger partial charge >= 0.3 is 0 Å². The Morgan fingerprint density at radius 1 is 0.133 bits per heavy atom. The molecule has 23 aromatic rings. The van der Waals surface area contributed by atoms with Crippen molar-refractivity contribution in [3.05, 3.63) is 472 Å². The Hall–Kier alpha value is -15.7. The second-order valence-electron chi connectivity index (χ2n) is 36.2. The molecule has 2 nitrogen and oxygen atoms in total. The van der Waals surface area contributed by atoms with Gasteiger partial charge in [0, 0.05) is 32.9 Å². The van der Waals surface area contributed by atoms with E-state index in [4.69, 9.17) is 0 Å². The van der Waals surface area contributed by atoms with Crippen LogP contribution in [0.3, 0.4) is 0 Å². The first kappa shape index (κ1) is 78.3. The normalized spacial score (nSPS) is 11.8. The van der Waals surface area contributed by atoms with E-state index < -0.39 is 0 Å². The lowest BCUT2D eigenvalue weighted by Crippen LogP contribution is -2.10. The van der Waals surface area contributed by atoms with Crippen molar-refractivity contribution < 1.29 is 0 Å². The molecule has 0 aliphatic heterocycles. The Bertz CT molecular complexity index is 7990. The van der Waals surface area contributed by atoms with Gasteiger partial charge in [0.1, 0.15) is 0 Å². The number of rotatable bonds is 13. The van der Waals surface area contributed by atoms with E-state index in [0.717, 1.165) is 0 Å². The van der Waals surface area contributed by atoms with Crippen LogP contribution in [0.4, 0.5) is 0 Å². The summed E-state index contributed by atoms with van der Waals surface area (Å²) in [6, 6.07) is 170. The first-order chi connectivity index (χ1) is 62.7. The Morgan fingerprint density at radius 3 is 0.531 bits per heavy atom. The van der Waals surface area contributed by atoms with Crippen molar-refractivity contribution in [1.82, 2.24) is 9.13 Å². The summed E-state index contributed by atoms with van der Waals surface area (Å²) >= 11 is 0. The van der Waals surface area contributed by atoms with Crippen molar-refractivity contribution in [3.8, 4) is 134 Å². The van der Waals surface area contributed by atoms with Crippen molar-refractivity contribution >= 4 is 86.7 Å². The molecule has 2 aromatic heterocycles. The highest BCUT2D eigenvalue weighted by Gasteiger charge is 2.24. The molecule has 0 radical (unpaired) electrons. The minimum atomic E-state index is 0.111. The minimum absolute atomic E-state index is 0.111. The topological polar surface area (TPSA) is 9.86 Å². The molecule has 0 spiro atoms. The molecule has 21 aromatic carbocycles. The van der Waals surface area contributed by atoms with Crippen LogP contribution in [0.5, 0.6) is 0 Å². The fourth-order valence-corrected chi connectivity index (χ4v) is 19.7. The highest BCUT2D eigenvalue weighted by Crippen LogP contribution is 2.49. The monoisotopic (exact) mass is 1630 g/mol. The summed E-state index contributed by atoms with van der Waals surface area (Å²) in [6.45, 7) is 13.6. The van der Waals surface area contributed by atoms with E-state index in [1.807, 2.05) is 0 Å². The molecular formula is C126H94N2. The third-order valence-electron chi connectivity index (χ3n) is 26.4. The molecule has 23 rings (SSSR count). The summed E-state index contributed by atoms with van der Waals surface area (Å²) in [5.74, 6) is 0. The molecule has 0 N–H and O–H groups in total. The van der Waals surface area contributed by atoms with Crippen LogP contribution in [0.15, 0.2) is 461 Å². The predicted octanol–water partition coefficient (Wildman–Crippen LogP) is 35.1. The molecule has 0 atom stereocenters. The van der Waals surface area contributed by atoms with Crippen LogP contribution in [-0.2, 0) is 10.8 Å². The molecule has 0 amide bonds. The maximum atomic E-state index is 2.40. The van der Waals surface area contributed by atoms with Gasteiger partial charge in [-0.1, -0.05) is 442 Å². The largest absolute Gasteiger partial charge is 0.309 e.